The summed E-state index contributed by atoms with van der Waals surface area (Å²) in [6.07, 6.45) is 1.59. The molecule has 96 valence electrons. The summed E-state index contributed by atoms with van der Waals surface area (Å²) in [5.41, 5.74) is 7.59. The van der Waals surface area contributed by atoms with Gasteiger partial charge in [-0.05, 0) is 28.9 Å². The maximum atomic E-state index is 11.9. The van der Waals surface area contributed by atoms with Gasteiger partial charge in [0.25, 0.3) is 5.56 Å². The summed E-state index contributed by atoms with van der Waals surface area (Å²) in [5.74, 6) is 0. The average Bonchev–Trinajstić information content (AvgIpc) is 2.52. The zero-order valence-corrected chi connectivity index (χ0v) is 12.3. The van der Waals surface area contributed by atoms with Crippen molar-refractivity contribution in [2.75, 3.05) is 5.73 Å². The molecule has 2 N–H and O–H groups in total. The third kappa shape index (κ3) is 2.30. The second-order valence-corrected chi connectivity index (χ2v) is 5.26. The zero-order valence-electron chi connectivity index (χ0n) is 9.94. The van der Waals surface area contributed by atoms with Crippen LogP contribution in [0.25, 0.3) is 0 Å². The summed E-state index contributed by atoms with van der Waals surface area (Å²) in [6.45, 7) is 2.16. The highest BCUT2D eigenvalue weighted by Crippen LogP contribution is 2.20. The van der Waals surface area contributed by atoms with Crippen molar-refractivity contribution in [3.8, 4) is 0 Å². The van der Waals surface area contributed by atoms with Crippen LogP contribution in [-0.2, 0) is 13.6 Å². The molecule has 0 aliphatic carbocycles. The summed E-state index contributed by atoms with van der Waals surface area (Å²) in [6, 6.07) is 1.58. The number of aromatic nitrogens is 3. The predicted molar refractivity (Wildman–Crippen MR) is 74.9 cm³/mol. The van der Waals surface area contributed by atoms with Crippen molar-refractivity contribution in [1.29, 1.82) is 0 Å². The van der Waals surface area contributed by atoms with Gasteiger partial charge in [-0.2, -0.15) is 5.10 Å². The monoisotopic (exact) mass is 330 g/mol. The molecule has 0 aromatic carbocycles. The molecule has 0 radical (unpaired) electrons. The molecule has 0 saturated carbocycles. The fraction of sp³-hybridized carbons (Fsp3) is 0.273. The summed E-state index contributed by atoms with van der Waals surface area (Å²) < 4.78 is 3.60. The number of pyridine rings is 1. The van der Waals surface area contributed by atoms with Gasteiger partial charge in [-0.25, -0.2) is 0 Å². The third-order valence-electron chi connectivity index (χ3n) is 2.65. The van der Waals surface area contributed by atoms with Crippen molar-refractivity contribution in [3.63, 3.8) is 0 Å². The Morgan fingerprint density at radius 3 is 2.78 bits per heavy atom. The van der Waals surface area contributed by atoms with E-state index >= 15 is 0 Å². The van der Waals surface area contributed by atoms with Crippen molar-refractivity contribution >= 4 is 33.2 Å². The Balaban J connectivity index is 2.49. The molecule has 5 nitrogen and oxygen atoms in total. The quantitative estimate of drug-likeness (QED) is 0.914. The number of halogens is 2. The Bertz CT molecular complexity index is 662. The summed E-state index contributed by atoms with van der Waals surface area (Å²) >= 11 is 9.34. The number of nitrogen functional groups attached to an aromatic ring is 1. The molecule has 0 unspecified atom stereocenters. The largest absolute Gasteiger partial charge is 0.398 e. The predicted octanol–water partition coefficient (Wildman–Crippen LogP) is 1.94. The van der Waals surface area contributed by atoms with Gasteiger partial charge in [0.1, 0.15) is 0 Å². The lowest BCUT2D eigenvalue weighted by atomic mass is 10.3. The van der Waals surface area contributed by atoms with Gasteiger partial charge in [0, 0.05) is 18.9 Å². The molecule has 0 aliphatic rings. The van der Waals surface area contributed by atoms with Crippen LogP contribution in [-0.4, -0.2) is 14.3 Å². The van der Waals surface area contributed by atoms with Crippen molar-refractivity contribution in [1.82, 2.24) is 14.3 Å². The molecular weight excluding hydrogens is 320 g/mol. The minimum absolute atomic E-state index is 0.154. The van der Waals surface area contributed by atoms with Gasteiger partial charge < -0.3 is 10.3 Å². The van der Waals surface area contributed by atoms with Crippen LogP contribution in [0.2, 0.25) is 5.02 Å². The molecule has 2 aromatic heterocycles. The van der Waals surface area contributed by atoms with E-state index in [1.807, 2.05) is 6.92 Å². The first-order valence-electron chi connectivity index (χ1n) is 5.23. The second kappa shape index (κ2) is 4.78. The molecule has 7 heteroatoms. The molecule has 0 atom stereocenters. The van der Waals surface area contributed by atoms with Gasteiger partial charge in [0.15, 0.2) is 0 Å². The number of rotatable bonds is 2. The van der Waals surface area contributed by atoms with Crippen molar-refractivity contribution in [2.45, 2.75) is 13.5 Å². The third-order valence-corrected chi connectivity index (χ3v) is 3.70. The Morgan fingerprint density at radius 2 is 2.22 bits per heavy atom. The van der Waals surface area contributed by atoms with Crippen LogP contribution < -0.4 is 11.3 Å². The fourth-order valence-corrected chi connectivity index (χ4v) is 2.46. The van der Waals surface area contributed by atoms with Crippen molar-refractivity contribution < 1.29 is 0 Å². The molecule has 0 amide bonds. The first kappa shape index (κ1) is 13.2. The normalized spacial score (nSPS) is 10.9. The Kier molecular flexibility index (Phi) is 3.49. The van der Waals surface area contributed by atoms with Gasteiger partial charge in [-0.15, -0.1) is 0 Å². The van der Waals surface area contributed by atoms with E-state index < -0.39 is 0 Å². The summed E-state index contributed by atoms with van der Waals surface area (Å²) in [4.78, 5) is 11.9. The van der Waals surface area contributed by atoms with Gasteiger partial charge in [-0.3, -0.25) is 9.48 Å². The van der Waals surface area contributed by atoms with Gasteiger partial charge in [-0.1, -0.05) is 11.6 Å². The molecule has 18 heavy (non-hydrogen) atoms. The standard InChI is InChI=1S/C11H12BrClN4O/c1-6-10(13)9(16(2)15-6)5-17-4-7(14)3-8(12)11(17)18/h3-4H,5,14H2,1-2H3. The number of nitrogens with two attached hydrogens (primary N) is 1. The molecule has 0 fully saturated rings. The lowest BCUT2D eigenvalue weighted by Gasteiger charge is -2.08. The molecule has 0 spiro atoms. The van der Waals surface area contributed by atoms with Crippen molar-refractivity contribution in [3.05, 3.63) is 43.5 Å². The van der Waals surface area contributed by atoms with E-state index in [0.29, 0.717) is 21.7 Å². The number of hydrogen-bond donors (Lipinski definition) is 1. The fourth-order valence-electron chi connectivity index (χ4n) is 1.75. The molecule has 0 aliphatic heterocycles. The lowest BCUT2D eigenvalue weighted by Crippen LogP contribution is -2.22. The second-order valence-electron chi connectivity index (χ2n) is 4.02. The van der Waals surface area contributed by atoms with Crippen LogP contribution in [0.15, 0.2) is 21.5 Å². The molecule has 2 heterocycles. The van der Waals surface area contributed by atoms with Crippen LogP contribution in [0.4, 0.5) is 5.69 Å². The Hall–Kier alpha value is -1.27. The molecular formula is C11H12BrClN4O. The van der Waals surface area contributed by atoms with E-state index in [2.05, 4.69) is 21.0 Å². The highest BCUT2D eigenvalue weighted by Gasteiger charge is 2.13. The van der Waals surface area contributed by atoms with Crippen LogP contribution in [0.1, 0.15) is 11.4 Å². The maximum absolute atomic E-state index is 11.9. The first-order valence-corrected chi connectivity index (χ1v) is 6.40. The van der Waals surface area contributed by atoms with E-state index in [1.54, 1.807) is 24.0 Å². The topological polar surface area (TPSA) is 65.8 Å². The molecule has 2 rings (SSSR count). The van der Waals surface area contributed by atoms with Crippen LogP contribution in [0.5, 0.6) is 0 Å². The van der Waals surface area contributed by atoms with Crippen LogP contribution in [0.3, 0.4) is 0 Å². The summed E-state index contributed by atoms with van der Waals surface area (Å²) in [5, 5.41) is 4.78. The Morgan fingerprint density at radius 1 is 1.56 bits per heavy atom. The number of nitrogens with zero attached hydrogens (tertiary/aromatic N) is 3. The minimum atomic E-state index is -0.154. The van der Waals surface area contributed by atoms with E-state index in [9.17, 15) is 4.79 Å². The van der Waals surface area contributed by atoms with Crippen LogP contribution >= 0.6 is 27.5 Å². The number of hydrogen-bond acceptors (Lipinski definition) is 3. The summed E-state index contributed by atoms with van der Waals surface area (Å²) in [7, 11) is 1.79. The smallest absolute Gasteiger partial charge is 0.265 e. The van der Waals surface area contributed by atoms with E-state index in [-0.39, 0.29) is 5.56 Å². The molecule has 0 bridgehead atoms. The SMILES string of the molecule is Cc1nn(C)c(Cn2cc(N)cc(Br)c2=O)c1Cl. The van der Waals surface area contributed by atoms with Gasteiger partial charge >= 0.3 is 0 Å². The van der Waals surface area contributed by atoms with Crippen LogP contribution in [0, 0.1) is 6.92 Å². The minimum Gasteiger partial charge on any atom is -0.398 e. The lowest BCUT2D eigenvalue weighted by molar-refractivity contribution is 0.651. The average molecular weight is 332 g/mol. The zero-order chi connectivity index (χ0) is 13.4. The van der Waals surface area contributed by atoms with E-state index in [0.717, 1.165) is 11.4 Å². The highest BCUT2D eigenvalue weighted by atomic mass is 79.9. The first-order chi connectivity index (χ1) is 8.40. The number of aryl methyl sites for hydroxylation is 2. The number of anilines is 1. The molecule has 0 saturated heterocycles. The Labute approximate surface area is 117 Å². The van der Waals surface area contributed by atoms with Crippen molar-refractivity contribution in [2.24, 2.45) is 7.05 Å². The highest BCUT2D eigenvalue weighted by molar-refractivity contribution is 9.10. The van der Waals surface area contributed by atoms with E-state index in [4.69, 9.17) is 17.3 Å². The molecule has 2 aromatic rings. The van der Waals surface area contributed by atoms with E-state index in [1.165, 1.54) is 4.57 Å². The van der Waals surface area contributed by atoms with Gasteiger partial charge in [0.05, 0.1) is 27.4 Å². The van der Waals surface area contributed by atoms with Gasteiger partial charge in [0.2, 0.25) is 0 Å². The maximum Gasteiger partial charge on any atom is 0.265 e.